The van der Waals surface area contributed by atoms with Gasteiger partial charge in [-0.25, -0.2) is 0 Å². The van der Waals surface area contributed by atoms with Crippen molar-refractivity contribution in [1.29, 1.82) is 0 Å². The molecule has 236 valence electrons. The van der Waals surface area contributed by atoms with Gasteiger partial charge in [0.15, 0.2) is 6.29 Å². The van der Waals surface area contributed by atoms with Gasteiger partial charge < -0.3 is 10.6 Å². The van der Waals surface area contributed by atoms with E-state index in [0.29, 0.717) is 37.1 Å². The second-order valence-electron chi connectivity index (χ2n) is 13.1. The Hall–Kier alpha value is -5.13. The minimum Gasteiger partial charge on any atom is -0.398 e. The highest BCUT2D eigenvalue weighted by atomic mass is 16.2. The second kappa shape index (κ2) is 10.7. The highest BCUT2D eigenvalue weighted by Gasteiger charge is 2.47. The van der Waals surface area contributed by atoms with Crippen molar-refractivity contribution in [1.82, 2.24) is 24.9 Å². The van der Waals surface area contributed by atoms with E-state index in [9.17, 15) is 28.8 Å². The molecular formula is C34H34N6O6. The van der Waals surface area contributed by atoms with Crippen LogP contribution in [-0.4, -0.2) is 74.5 Å². The van der Waals surface area contributed by atoms with Gasteiger partial charge in [-0.05, 0) is 60.9 Å². The lowest BCUT2D eigenvalue weighted by atomic mass is 9.69. The van der Waals surface area contributed by atoms with Crippen LogP contribution in [0.1, 0.15) is 88.5 Å². The van der Waals surface area contributed by atoms with E-state index in [2.05, 4.69) is 10.4 Å². The molecule has 46 heavy (non-hydrogen) atoms. The molecule has 0 radical (unpaired) electrons. The van der Waals surface area contributed by atoms with Gasteiger partial charge in [0.05, 0.1) is 28.4 Å². The van der Waals surface area contributed by atoms with Crippen molar-refractivity contribution in [3.8, 4) is 11.1 Å². The Kier molecular flexibility index (Phi) is 6.91. The SMILES string of the molecule is CC1(C(=O)N2CCC(c3ccc(-c4cc(N)c5c(c4)C(=O)N(C4CCC(=O)NC4=O)C5=O)cc3)(n3cc(C=O)cn3)CC2)CCC1. The quantitative estimate of drug-likeness (QED) is 0.241. The molecular weight excluding hydrogens is 588 g/mol. The highest BCUT2D eigenvalue weighted by molar-refractivity contribution is 6.26. The minimum absolute atomic E-state index is 0.0289. The number of nitrogens with one attached hydrogen (secondary N) is 1. The molecule has 12 nitrogen and oxygen atoms in total. The number of aldehydes is 1. The molecule has 0 spiro atoms. The average Bonchev–Trinajstić information content (AvgIpc) is 3.63. The molecule has 5 amide bonds. The summed E-state index contributed by atoms with van der Waals surface area (Å²) in [6.45, 7) is 3.17. The van der Waals surface area contributed by atoms with E-state index in [4.69, 9.17) is 5.73 Å². The lowest BCUT2D eigenvalue weighted by molar-refractivity contribution is -0.148. The predicted molar refractivity (Wildman–Crippen MR) is 165 cm³/mol. The largest absolute Gasteiger partial charge is 0.398 e. The van der Waals surface area contributed by atoms with Gasteiger partial charge in [0, 0.05) is 36.8 Å². The van der Waals surface area contributed by atoms with Crippen LogP contribution in [0, 0.1) is 5.41 Å². The number of piperidine rings is 2. The fourth-order valence-electron chi connectivity index (χ4n) is 7.43. The van der Waals surface area contributed by atoms with E-state index in [1.807, 2.05) is 40.8 Å². The summed E-state index contributed by atoms with van der Waals surface area (Å²) in [6.07, 6.45) is 8.28. The van der Waals surface area contributed by atoms with E-state index < -0.39 is 35.2 Å². The lowest BCUT2D eigenvalue weighted by Gasteiger charge is -2.46. The molecule has 1 atom stereocenters. The van der Waals surface area contributed by atoms with Crippen LogP contribution in [-0.2, 0) is 19.9 Å². The summed E-state index contributed by atoms with van der Waals surface area (Å²) >= 11 is 0. The van der Waals surface area contributed by atoms with Crippen molar-refractivity contribution in [3.05, 3.63) is 71.0 Å². The van der Waals surface area contributed by atoms with Crippen LogP contribution in [0.5, 0.6) is 0 Å². The first-order valence-corrected chi connectivity index (χ1v) is 15.6. The molecule has 7 rings (SSSR count). The van der Waals surface area contributed by atoms with Gasteiger partial charge in [-0.1, -0.05) is 37.6 Å². The van der Waals surface area contributed by atoms with Crippen LogP contribution >= 0.6 is 0 Å². The third-order valence-corrected chi connectivity index (χ3v) is 10.4. The number of hydrogen-bond donors (Lipinski definition) is 2. The van der Waals surface area contributed by atoms with E-state index in [1.165, 1.54) is 0 Å². The topological polar surface area (TPSA) is 165 Å². The van der Waals surface area contributed by atoms with Gasteiger partial charge in [0.1, 0.15) is 6.04 Å². The van der Waals surface area contributed by atoms with Gasteiger partial charge in [-0.2, -0.15) is 5.10 Å². The molecule has 1 aliphatic carbocycles. The average molecular weight is 623 g/mol. The van der Waals surface area contributed by atoms with Crippen molar-refractivity contribution in [2.75, 3.05) is 18.8 Å². The number of benzene rings is 2. The molecule has 3 fully saturated rings. The summed E-state index contributed by atoms with van der Waals surface area (Å²) in [6, 6.07) is 9.95. The summed E-state index contributed by atoms with van der Waals surface area (Å²) in [4.78, 5) is 78.5. The number of carbonyl (C=O) groups excluding carboxylic acids is 6. The number of nitrogens with two attached hydrogens (primary N) is 1. The molecule has 4 heterocycles. The third-order valence-electron chi connectivity index (χ3n) is 10.4. The lowest BCUT2D eigenvalue weighted by Crippen LogP contribution is -2.54. The summed E-state index contributed by atoms with van der Waals surface area (Å²) in [5.74, 6) is -2.20. The molecule has 2 saturated heterocycles. The number of carbonyl (C=O) groups is 6. The normalized spacial score (nSPS) is 21.9. The molecule has 3 aliphatic heterocycles. The van der Waals surface area contributed by atoms with Crippen molar-refractivity contribution in [3.63, 3.8) is 0 Å². The van der Waals surface area contributed by atoms with Crippen molar-refractivity contribution in [2.45, 2.75) is 63.5 Å². The molecule has 1 aromatic heterocycles. The van der Waals surface area contributed by atoms with Crippen molar-refractivity contribution >= 4 is 41.5 Å². The maximum Gasteiger partial charge on any atom is 0.264 e. The summed E-state index contributed by atoms with van der Waals surface area (Å²) in [7, 11) is 0. The third kappa shape index (κ3) is 4.53. The first-order valence-electron chi connectivity index (χ1n) is 15.6. The zero-order valence-electron chi connectivity index (χ0n) is 25.5. The molecule has 12 heteroatoms. The van der Waals surface area contributed by atoms with Crippen molar-refractivity contribution < 1.29 is 28.8 Å². The smallest absolute Gasteiger partial charge is 0.264 e. The van der Waals surface area contributed by atoms with Gasteiger partial charge >= 0.3 is 0 Å². The summed E-state index contributed by atoms with van der Waals surface area (Å²) < 4.78 is 1.83. The Labute approximate surface area is 264 Å². The van der Waals surface area contributed by atoms with Crippen LogP contribution in [0.25, 0.3) is 11.1 Å². The number of amides is 5. The Morgan fingerprint density at radius 2 is 1.72 bits per heavy atom. The Morgan fingerprint density at radius 1 is 1.00 bits per heavy atom. The number of nitrogen functional groups attached to an aromatic ring is 1. The second-order valence-corrected chi connectivity index (χ2v) is 13.1. The van der Waals surface area contributed by atoms with Crippen LogP contribution in [0.4, 0.5) is 5.69 Å². The number of imide groups is 2. The number of rotatable bonds is 6. The number of fused-ring (bicyclic) bond motifs is 1. The Balaban J connectivity index is 1.18. The molecule has 0 bridgehead atoms. The summed E-state index contributed by atoms with van der Waals surface area (Å²) in [5, 5.41) is 6.75. The first kappa shape index (κ1) is 29.6. The van der Waals surface area contributed by atoms with Gasteiger partial charge in [0.2, 0.25) is 17.7 Å². The molecule has 1 saturated carbocycles. The first-order chi connectivity index (χ1) is 22.0. The van der Waals surface area contributed by atoms with Crippen LogP contribution in [0.2, 0.25) is 0 Å². The molecule has 1 unspecified atom stereocenters. The van der Waals surface area contributed by atoms with Crippen LogP contribution in [0.15, 0.2) is 48.8 Å². The van der Waals surface area contributed by atoms with Crippen LogP contribution < -0.4 is 11.1 Å². The number of likely N-dealkylation sites (tertiary alicyclic amines) is 1. The fourth-order valence-corrected chi connectivity index (χ4v) is 7.43. The van der Waals surface area contributed by atoms with E-state index in [-0.39, 0.29) is 41.0 Å². The predicted octanol–water partition coefficient (Wildman–Crippen LogP) is 2.90. The van der Waals surface area contributed by atoms with E-state index in [1.54, 1.807) is 24.5 Å². The van der Waals surface area contributed by atoms with Gasteiger partial charge in [0.25, 0.3) is 11.8 Å². The van der Waals surface area contributed by atoms with E-state index >= 15 is 0 Å². The van der Waals surface area contributed by atoms with Crippen molar-refractivity contribution in [2.24, 2.45) is 5.41 Å². The monoisotopic (exact) mass is 622 g/mol. The molecule has 3 N–H and O–H groups in total. The highest BCUT2D eigenvalue weighted by Crippen LogP contribution is 2.44. The van der Waals surface area contributed by atoms with Gasteiger partial charge in [-0.3, -0.25) is 43.7 Å². The number of nitrogens with zero attached hydrogens (tertiary/aromatic N) is 4. The Bertz CT molecular complexity index is 1820. The number of hydrogen-bond acceptors (Lipinski definition) is 8. The molecule has 2 aromatic carbocycles. The molecule has 3 aromatic rings. The van der Waals surface area contributed by atoms with Gasteiger partial charge in [-0.15, -0.1) is 0 Å². The standard InChI is InChI=1S/C34H34N6O6/c1-33(9-2-10-33)32(46)38-13-11-34(12-14-38,39-18-20(19-41)17-36-39)23-5-3-21(4-6-23)22-15-24-28(25(35)16-22)31(45)40(30(24)44)26-7-8-27(42)37-29(26)43/h3-6,15-19,26H,2,7-14,35H2,1H3,(H,37,42,43). The maximum absolute atomic E-state index is 13.4. The zero-order chi connectivity index (χ0) is 32.4. The Morgan fingerprint density at radius 3 is 2.33 bits per heavy atom. The minimum atomic E-state index is -1.08. The number of anilines is 1. The zero-order valence-corrected chi connectivity index (χ0v) is 25.5. The molecule has 4 aliphatic rings. The fraction of sp³-hybridized carbons (Fsp3) is 0.382. The van der Waals surface area contributed by atoms with E-state index in [0.717, 1.165) is 41.6 Å². The number of aromatic nitrogens is 2. The van der Waals surface area contributed by atoms with Crippen LogP contribution in [0.3, 0.4) is 0 Å². The summed E-state index contributed by atoms with van der Waals surface area (Å²) in [5.41, 5.74) is 8.56. The maximum atomic E-state index is 13.4.